The first-order valence-corrected chi connectivity index (χ1v) is 11.3. The maximum atomic E-state index is 12.5. The minimum Gasteiger partial charge on any atom is -0.490 e. The number of halogens is 2. The summed E-state index contributed by atoms with van der Waals surface area (Å²) < 4.78 is 34.6. The molecule has 188 valence electrons. The average molecular weight is 491 g/mol. The fraction of sp³-hybridized carbons (Fsp3) is 0.400. The summed E-state index contributed by atoms with van der Waals surface area (Å²) in [7, 11) is 0. The van der Waals surface area contributed by atoms with Crippen molar-refractivity contribution in [3.05, 3.63) is 59.2 Å². The van der Waals surface area contributed by atoms with Gasteiger partial charge in [-0.2, -0.15) is 8.78 Å². The van der Waals surface area contributed by atoms with E-state index in [0.717, 1.165) is 5.56 Å². The van der Waals surface area contributed by atoms with Gasteiger partial charge in [0.05, 0.1) is 12.0 Å². The summed E-state index contributed by atoms with van der Waals surface area (Å²) in [6.07, 6.45) is 2.50. The number of hydrogen-bond acceptors (Lipinski definition) is 5. The number of rotatable bonds is 10. The molecule has 0 heterocycles. The number of alkyl halides is 2. The van der Waals surface area contributed by atoms with E-state index in [4.69, 9.17) is 9.84 Å². The summed E-state index contributed by atoms with van der Waals surface area (Å²) >= 11 is 0. The lowest BCUT2D eigenvalue weighted by atomic mass is 9.87. The predicted octanol–water partition coefficient (Wildman–Crippen LogP) is 3.78. The van der Waals surface area contributed by atoms with Gasteiger partial charge in [-0.25, -0.2) is 0 Å². The molecule has 1 aliphatic carbocycles. The van der Waals surface area contributed by atoms with E-state index in [1.807, 2.05) is 0 Å². The zero-order valence-electron chi connectivity index (χ0n) is 19.3. The largest absolute Gasteiger partial charge is 0.490 e. The van der Waals surface area contributed by atoms with Crippen LogP contribution < -0.4 is 20.1 Å². The van der Waals surface area contributed by atoms with Crippen molar-refractivity contribution in [2.45, 2.75) is 45.3 Å². The van der Waals surface area contributed by atoms with Gasteiger partial charge in [-0.15, -0.1) is 0 Å². The predicted molar refractivity (Wildman–Crippen MR) is 123 cm³/mol. The Balaban J connectivity index is 1.42. The SMILES string of the molecule is Cc1cc(OC2CCC(C(=O)O)CC2)ccc1C(=O)NCCNC(=O)c1ccc(OC(F)F)cc1. The molecule has 0 atom stereocenters. The lowest BCUT2D eigenvalue weighted by Gasteiger charge is -2.27. The van der Waals surface area contributed by atoms with Gasteiger partial charge in [-0.05, 0) is 80.6 Å². The Morgan fingerprint density at radius 3 is 2.11 bits per heavy atom. The number of aliphatic carboxylic acids is 1. The number of amides is 2. The highest BCUT2D eigenvalue weighted by Gasteiger charge is 2.27. The summed E-state index contributed by atoms with van der Waals surface area (Å²) in [5.74, 6) is -1.17. The van der Waals surface area contributed by atoms with Crippen LogP contribution in [-0.2, 0) is 4.79 Å². The van der Waals surface area contributed by atoms with Gasteiger partial charge < -0.3 is 25.2 Å². The quantitative estimate of drug-likeness (QED) is 0.437. The van der Waals surface area contributed by atoms with Crippen molar-refractivity contribution in [1.82, 2.24) is 10.6 Å². The molecule has 0 aromatic heterocycles. The number of nitrogens with one attached hydrogen (secondary N) is 2. The molecule has 2 amide bonds. The second-order valence-electron chi connectivity index (χ2n) is 8.32. The summed E-state index contributed by atoms with van der Waals surface area (Å²) in [5.41, 5.74) is 1.49. The Kier molecular flexibility index (Phi) is 8.99. The van der Waals surface area contributed by atoms with Crippen LogP contribution in [0, 0.1) is 12.8 Å². The molecule has 3 N–H and O–H groups in total. The van der Waals surface area contributed by atoms with E-state index in [1.165, 1.54) is 24.3 Å². The molecule has 10 heteroatoms. The first-order valence-electron chi connectivity index (χ1n) is 11.3. The Morgan fingerprint density at radius 2 is 1.54 bits per heavy atom. The normalized spacial score (nSPS) is 17.5. The van der Waals surface area contributed by atoms with Crippen LogP contribution in [0.3, 0.4) is 0 Å². The lowest BCUT2D eigenvalue weighted by Crippen LogP contribution is -2.35. The van der Waals surface area contributed by atoms with E-state index in [-0.39, 0.29) is 42.3 Å². The monoisotopic (exact) mass is 490 g/mol. The van der Waals surface area contributed by atoms with Crippen LogP contribution >= 0.6 is 0 Å². The van der Waals surface area contributed by atoms with Crippen LogP contribution in [0.15, 0.2) is 42.5 Å². The number of ether oxygens (including phenoxy) is 2. The van der Waals surface area contributed by atoms with Crippen LogP contribution in [-0.4, -0.2) is 48.7 Å². The van der Waals surface area contributed by atoms with Crippen LogP contribution in [0.1, 0.15) is 52.0 Å². The number of carboxylic acid groups (broad SMARTS) is 1. The van der Waals surface area contributed by atoms with Crippen molar-refractivity contribution < 1.29 is 37.7 Å². The molecule has 0 aliphatic heterocycles. The van der Waals surface area contributed by atoms with Crippen LogP contribution in [0.5, 0.6) is 11.5 Å². The molecule has 0 spiro atoms. The Morgan fingerprint density at radius 1 is 0.943 bits per heavy atom. The molecule has 0 bridgehead atoms. The van der Waals surface area contributed by atoms with E-state index in [9.17, 15) is 23.2 Å². The number of aryl methyl sites for hydroxylation is 1. The van der Waals surface area contributed by atoms with Crippen molar-refractivity contribution in [3.8, 4) is 11.5 Å². The van der Waals surface area contributed by atoms with Gasteiger partial charge in [0.15, 0.2) is 0 Å². The zero-order valence-corrected chi connectivity index (χ0v) is 19.3. The molecule has 35 heavy (non-hydrogen) atoms. The molecule has 1 aliphatic rings. The molecule has 8 nitrogen and oxygen atoms in total. The summed E-state index contributed by atoms with van der Waals surface area (Å²) in [6, 6.07) is 10.5. The number of carbonyl (C=O) groups excluding carboxylic acids is 2. The smallest absolute Gasteiger partial charge is 0.387 e. The molecule has 0 unspecified atom stereocenters. The van der Waals surface area contributed by atoms with Crippen molar-refractivity contribution >= 4 is 17.8 Å². The number of benzene rings is 2. The van der Waals surface area contributed by atoms with Crippen LogP contribution in [0.2, 0.25) is 0 Å². The number of carboxylic acids is 1. The third-order valence-electron chi connectivity index (χ3n) is 5.81. The zero-order chi connectivity index (χ0) is 25.4. The summed E-state index contributed by atoms with van der Waals surface area (Å²) in [4.78, 5) is 35.7. The first-order chi connectivity index (χ1) is 16.7. The van der Waals surface area contributed by atoms with E-state index in [2.05, 4.69) is 15.4 Å². The van der Waals surface area contributed by atoms with Crippen molar-refractivity contribution in [2.75, 3.05) is 13.1 Å². The van der Waals surface area contributed by atoms with E-state index < -0.39 is 18.5 Å². The first kappa shape index (κ1) is 25.9. The topological polar surface area (TPSA) is 114 Å². The standard InChI is InChI=1S/C25H28F2N2O6/c1-15-14-20(34-18-8-4-17(5-9-18)24(32)33)10-11-21(15)23(31)29-13-12-28-22(30)16-2-6-19(7-3-16)35-25(26)27/h2-3,6-7,10-11,14,17-18,25H,4-5,8-9,12-13H2,1H3,(H,28,30)(H,29,31)(H,32,33). The minimum absolute atomic E-state index is 0.0404. The Hall–Kier alpha value is -3.69. The Bertz CT molecular complexity index is 1040. The van der Waals surface area contributed by atoms with Gasteiger partial charge >= 0.3 is 12.6 Å². The van der Waals surface area contributed by atoms with Crippen LogP contribution in [0.25, 0.3) is 0 Å². The molecule has 1 fully saturated rings. The van der Waals surface area contributed by atoms with Crippen molar-refractivity contribution in [2.24, 2.45) is 5.92 Å². The van der Waals surface area contributed by atoms with Gasteiger partial charge in [0.1, 0.15) is 11.5 Å². The molecular formula is C25H28F2N2O6. The molecule has 3 rings (SSSR count). The molecule has 2 aromatic carbocycles. The highest BCUT2D eigenvalue weighted by Crippen LogP contribution is 2.28. The number of carbonyl (C=O) groups is 3. The van der Waals surface area contributed by atoms with Gasteiger partial charge in [0, 0.05) is 24.2 Å². The van der Waals surface area contributed by atoms with Gasteiger partial charge in [0.2, 0.25) is 0 Å². The average Bonchev–Trinajstić information content (AvgIpc) is 2.82. The highest BCUT2D eigenvalue weighted by atomic mass is 19.3. The summed E-state index contributed by atoms with van der Waals surface area (Å²) in [6.45, 7) is -0.760. The maximum Gasteiger partial charge on any atom is 0.387 e. The maximum absolute atomic E-state index is 12.5. The van der Waals surface area contributed by atoms with Crippen molar-refractivity contribution in [1.29, 1.82) is 0 Å². The molecular weight excluding hydrogens is 462 g/mol. The highest BCUT2D eigenvalue weighted by molar-refractivity contribution is 5.96. The van der Waals surface area contributed by atoms with E-state index in [1.54, 1.807) is 25.1 Å². The van der Waals surface area contributed by atoms with Gasteiger partial charge in [-0.1, -0.05) is 0 Å². The molecule has 0 radical (unpaired) electrons. The fourth-order valence-electron chi connectivity index (χ4n) is 3.92. The third kappa shape index (κ3) is 7.66. The number of hydrogen-bond donors (Lipinski definition) is 3. The van der Waals surface area contributed by atoms with Gasteiger partial charge in [0.25, 0.3) is 11.8 Å². The molecule has 1 saturated carbocycles. The molecule has 0 saturated heterocycles. The van der Waals surface area contributed by atoms with E-state index >= 15 is 0 Å². The van der Waals surface area contributed by atoms with E-state index in [0.29, 0.717) is 37.0 Å². The second-order valence-corrected chi connectivity index (χ2v) is 8.32. The third-order valence-corrected chi connectivity index (χ3v) is 5.81. The van der Waals surface area contributed by atoms with Crippen LogP contribution in [0.4, 0.5) is 8.78 Å². The minimum atomic E-state index is -2.93. The Labute approximate surface area is 201 Å². The van der Waals surface area contributed by atoms with Gasteiger partial charge in [-0.3, -0.25) is 14.4 Å². The summed E-state index contributed by atoms with van der Waals surface area (Å²) in [5, 5.41) is 14.5. The lowest BCUT2D eigenvalue weighted by molar-refractivity contribution is -0.143. The second kappa shape index (κ2) is 12.1. The fourth-order valence-corrected chi connectivity index (χ4v) is 3.92. The molecule has 2 aromatic rings. The van der Waals surface area contributed by atoms with Crippen molar-refractivity contribution in [3.63, 3.8) is 0 Å².